The molecule has 2 N–H and O–H groups in total. The summed E-state index contributed by atoms with van der Waals surface area (Å²) in [4.78, 5) is 2.74. The van der Waals surface area contributed by atoms with E-state index in [0.717, 1.165) is 0 Å². The van der Waals surface area contributed by atoms with Crippen molar-refractivity contribution >= 4 is 0 Å². The van der Waals surface area contributed by atoms with Crippen molar-refractivity contribution in [2.45, 2.75) is 6.42 Å². The fourth-order valence-electron chi connectivity index (χ4n) is 0.692. The third-order valence-corrected chi connectivity index (χ3v) is 1.24. The minimum Gasteiger partial charge on any atom is -0.301 e. The lowest BCUT2D eigenvalue weighted by molar-refractivity contribution is 0.881. The van der Waals surface area contributed by atoms with E-state index in [4.69, 9.17) is 11.8 Å². The zero-order valence-corrected chi connectivity index (χ0v) is 7.99. The second-order valence-electron chi connectivity index (χ2n) is 2.31. The van der Waals surface area contributed by atoms with E-state index in [0.29, 0.717) is 18.1 Å². The number of nitrogens with one attached hydrogen (secondary N) is 2. The van der Waals surface area contributed by atoms with E-state index in [-0.39, 0.29) is 6.54 Å². The Bertz CT molecular complexity index is 412. The van der Waals surface area contributed by atoms with Crippen LogP contribution in [0.5, 0.6) is 0 Å². The van der Waals surface area contributed by atoms with Gasteiger partial charge in [-0.2, -0.15) is 15.7 Å². The maximum absolute atomic E-state index is 7.60. The maximum Gasteiger partial charge on any atom is 0.298 e. The zero-order valence-electron chi connectivity index (χ0n) is 7.99. The smallest absolute Gasteiger partial charge is 0.298 e. The van der Waals surface area contributed by atoms with Crippen molar-refractivity contribution in [1.82, 2.24) is 41.2 Å². The van der Waals surface area contributed by atoms with E-state index >= 15 is 0 Å². The minimum absolute atomic E-state index is 0.0139. The van der Waals surface area contributed by atoms with Gasteiger partial charge in [0.25, 0.3) is 6.54 Å². The number of tetrazole rings is 2. The van der Waals surface area contributed by atoms with Crippen LogP contribution in [0, 0.1) is 17.9 Å². The average molecular weight is 218 g/mol. The predicted octanol–water partition coefficient (Wildman–Crippen LogP) is -1.27. The van der Waals surface area contributed by atoms with Gasteiger partial charge in [-0.05, 0) is 0 Å². The molecule has 0 spiro atoms. The van der Waals surface area contributed by atoms with Crippen molar-refractivity contribution in [3.05, 3.63) is 23.1 Å². The van der Waals surface area contributed by atoms with Gasteiger partial charge in [0.2, 0.25) is 0 Å². The molecule has 0 radical (unpaired) electrons. The lowest BCUT2D eigenvalue weighted by Crippen LogP contribution is -1.93. The largest absolute Gasteiger partial charge is 0.301 e. The third kappa shape index (κ3) is 3.89. The normalized spacial score (nSPS) is 8.38. The van der Waals surface area contributed by atoms with Crippen LogP contribution in [0.1, 0.15) is 11.6 Å². The lowest BCUT2D eigenvalue weighted by Gasteiger charge is -1.81. The Morgan fingerprint density at radius 3 is 2.00 bits per heavy atom. The molecular weight excluding hydrogens is 212 g/mol. The molecule has 2 rings (SSSR count). The highest BCUT2D eigenvalue weighted by atomic mass is 15.5. The van der Waals surface area contributed by atoms with Crippen LogP contribution in [0.2, 0.25) is 0 Å². The molecule has 0 unspecified atom stereocenters. The molecule has 0 saturated carbocycles. The van der Waals surface area contributed by atoms with Crippen LogP contribution in [0.3, 0.4) is 0 Å². The highest BCUT2D eigenvalue weighted by molar-refractivity contribution is 4.91. The second kappa shape index (κ2) is 6.56. The van der Waals surface area contributed by atoms with Crippen LogP contribution >= 0.6 is 0 Å². The van der Waals surface area contributed by atoms with Crippen LogP contribution in [-0.2, 0) is 6.42 Å². The van der Waals surface area contributed by atoms with E-state index in [1.54, 1.807) is 6.07 Å². The van der Waals surface area contributed by atoms with Crippen molar-refractivity contribution in [3.63, 3.8) is 0 Å². The molecule has 0 aliphatic rings. The van der Waals surface area contributed by atoms with Gasteiger partial charge in [-0.3, -0.25) is 0 Å². The van der Waals surface area contributed by atoms with Crippen LogP contribution < -0.4 is 0 Å². The minimum atomic E-state index is -0.0139. The average Bonchev–Trinajstić information content (AvgIpc) is 2.94. The summed E-state index contributed by atoms with van der Waals surface area (Å²) in [7, 11) is 0. The molecule has 2 aromatic rings. The molecule has 0 aliphatic carbocycles. The Balaban J connectivity index is 0.000000221. The summed E-state index contributed by atoms with van der Waals surface area (Å²) in [6, 6.07) is 1.66. The van der Waals surface area contributed by atoms with Gasteiger partial charge in [-0.15, -0.1) is 20.4 Å². The number of nitriles is 1. The molecule has 0 fully saturated rings. The molecule has 0 bridgehead atoms. The summed E-state index contributed by atoms with van der Waals surface area (Å²) in [5.41, 5.74) is 0. The van der Waals surface area contributed by atoms with Gasteiger partial charge >= 0.3 is 0 Å². The van der Waals surface area contributed by atoms with Gasteiger partial charge in [0.05, 0.1) is 6.42 Å². The van der Waals surface area contributed by atoms with Crippen LogP contribution in [0.25, 0.3) is 4.85 Å². The molecule has 0 atom stereocenters. The summed E-state index contributed by atoms with van der Waals surface area (Å²) >= 11 is 0. The standard InChI is InChI=1S/C3H4N8.C3H2N2/c1(2-4-8-9-5-2)3-6-10-11-7-3;1-5-3-2-4/h1H2,(H,4,5,8,9)(H,6,7,10,11);3H2. The second-order valence-corrected chi connectivity index (χ2v) is 2.31. The molecule has 0 aliphatic heterocycles. The van der Waals surface area contributed by atoms with Crippen LogP contribution in [0.15, 0.2) is 0 Å². The van der Waals surface area contributed by atoms with Gasteiger partial charge in [0.15, 0.2) is 11.6 Å². The number of nitrogens with zero attached hydrogens (tertiary/aromatic N) is 8. The highest BCUT2D eigenvalue weighted by Gasteiger charge is 2.03. The summed E-state index contributed by atoms with van der Waals surface area (Å²) in [6.07, 6.45) is 0.438. The van der Waals surface area contributed by atoms with Gasteiger partial charge in [0.1, 0.15) is 6.07 Å². The fraction of sp³-hybridized carbons (Fsp3) is 0.333. The number of hydrogen-bond acceptors (Lipinski definition) is 7. The van der Waals surface area contributed by atoms with Gasteiger partial charge in [0, 0.05) is 0 Å². The molecule has 80 valence electrons. The first-order valence-corrected chi connectivity index (χ1v) is 4.01. The molecular formula is C6H6N10. The van der Waals surface area contributed by atoms with Gasteiger partial charge in [-0.25, -0.2) is 6.57 Å². The van der Waals surface area contributed by atoms with Crippen LogP contribution in [-0.4, -0.2) is 47.8 Å². The van der Waals surface area contributed by atoms with E-state index < -0.39 is 0 Å². The molecule has 10 nitrogen and oxygen atoms in total. The first-order valence-electron chi connectivity index (χ1n) is 4.01. The number of rotatable bonds is 2. The van der Waals surface area contributed by atoms with E-state index in [1.807, 2.05) is 0 Å². The Hall–Kier alpha value is -2.88. The summed E-state index contributed by atoms with van der Waals surface area (Å²) in [5, 5.41) is 33.9. The molecule has 0 saturated heterocycles. The topological polar surface area (TPSA) is 137 Å². The first-order chi connectivity index (χ1) is 7.86. The third-order valence-electron chi connectivity index (χ3n) is 1.24. The summed E-state index contributed by atoms with van der Waals surface area (Å²) in [5.74, 6) is 1.10. The fourth-order valence-corrected chi connectivity index (χ4v) is 0.692. The van der Waals surface area contributed by atoms with Gasteiger partial charge < -0.3 is 4.85 Å². The molecule has 10 heteroatoms. The van der Waals surface area contributed by atoms with E-state index in [2.05, 4.69) is 46.1 Å². The van der Waals surface area contributed by atoms with Crippen molar-refractivity contribution < 1.29 is 0 Å². The van der Waals surface area contributed by atoms with Crippen molar-refractivity contribution in [1.29, 1.82) is 5.26 Å². The predicted molar refractivity (Wildman–Crippen MR) is 48.2 cm³/mol. The molecule has 16 heavy (non-hydrogen) atoms. The summed E-state index contributed by atoms with van der Waals surface area (Å²) < 4.78 is 0. The van der Waals surface area contributed by atoms with Gasteiger partial charge in [-0.1, -0.05) is 10.4 Å². The number of aromatic nitrogens is 8. The van der Waals surface area contributed by atoms with Crippen molar-refractivity contribution in [3.8, 4) is 6.07 Å². The number of hydrogen-bond donors (Lipinski definition) is 2. The quantitative estimate of drug-likeness (QED) is 0.473. The van der Waals surface area contributed by atoms with E-state index in [9.17, 15) is 0 Å². The maximum atomic E-state index is 7.60. The van der Waals surface area contributed by atoms with E-state index in [1.165, 1.54) is 0 Å². The van der Waals surface area contributed by atoms with Crippen molar-refractivity contribution in [2.24, 2.45) is 0 Å². The first kappa shape index (κ1) is 11.2. The SMILES string of the molecule is C(c1nn[nH]n1)c1nn[nH]n1.[C-]#[N+]CC#N. The molecule has 2 aromatic heterocycles. The molecule has 0 amide bonds. The Morgan fingerprint density at radius 2 is 1.75 bits per heavy atom. The van der Waals surface area contributed by atoms with Crippen LogP contribution in [0.4, 0.5) is 0 Å². The number of H-pyrrole nitrogens is 2. The molecule has 0 aromatic carbocycles. The Labute approximate surface area is 89.5 Å². The highest BCUT2D eigenvalue weighted by Crippen LogP contribution is 1.92. The molecule has 2 heterocycles. The monoisotopic (exact) mass is 218 g/mol. The zero-order chi connectivity index (χ0) is 11.6. The Kier molecular flexibility index (Phi) is 4.59. The lowest BCUT2D eigenvalue weighted by atomic mass is 10.4. The summed E-state index contributed by atoms with van der Waals surface area (Å²) in [6.45, 7) is 5.99. The number of aromatic amines is 2. The van der Waals surface area contributed by atoms with Crippen molar-refractivity contribution in [2.75, 3.05) is 6.54 Å². The Morgan fingerprint density at radius 1 is 1.19 bits per heavy atom.